The SMILES string of the molecule is O=C(c1ccccc1)c1cccc2c3ccccc3n(-c3cccc4c3C(=O)N(c3ccc(-c5ccccc5)cc3-c3ccccc3)C4=O)c12. The molecule has 0 spiro atoms. The average molecular weight is 645 g/mol. The molecule has 0 saturated heterocycles. The van der Waals surface area contributed by atoms with Crippen molar-refractivity contribution in [2.75, 3.05) is 4.90 Å². The van der Waals surface area contributed by atoms with E-state index in [9.17, 15) is 14.4 Å². The molecule has 0 unspecified atom stereocenters. The van der Waals surface area contributed by atoms with Gasteiger partial charge in [0.1, 0.15) is 0 Å². The summed E-state index contributed by atoms with van der Waals surface area (Å²) in [4.78, 5) is 44.6. The third kappa shape index (κ3) is 4.52. The largest absolute Gasteiger partial charge is 0.308 e. The second-order valence-corrected chi connectivity index (χ2v) is 12.4. The lowest BCUT2D eigenvalue weighted by molar-refractivity contribution is 0.0925. The fourth-order valence-corrected chi connectivity index (χ4v) is 7.26. The highest BCUT2D eigenvalue weighted by Crippen LogP contribution is 2.42. The number of amides is 2. The summed E-state index contributed by atoms with van der Waals surface area (Å²) in [5.41, 5.74) is 7.95. The molecule has 8 aromatic rings. The average Bonchev–Trinajstić information content (AvgIpc) is 3.66. The van der Waals surface area contributed by atoms with Crippen molar-refractivity contribution in [2.24, 2.45) is 0 Å². The second kappa shape index (κ2) is 11.7. The van der Waals surface area contributed by atoms with Crippen LogP contribution in [0.2, 0.25) is 0 Å². The van der Waals surface area contributed by atoms with E-state index in [1.54, 1.807) is 6.07 Å². The first-order chi connectivity index (χ1) is 24.6. The van der Waals surface area contributed by atoms with Crippen LogP contribution in [0.1, 0.15) is 36.6 Å². The Morgan fingerprint density at radius 3 is 1.86 bits per heavy atom. The van der Waals surface area contributed by atoms with Crippen LogP contribution in [0, 0.1) is 0 Å². The summed E-state index contributed by atoms with van der Waals surface area (Å²) in [5.74, 6) is -0.927. The molecule has 0 radical (unpaired) electrons. The van der Waals surface area contributed by atoms with E-state index in [0.717, 1.165) is 38.5 Å². The molecule has 0 aliphatic carbocycles. The number of carbonyl (C=O) groups is 3. The maximum absolute atomic E-state index is 14.8. The Morgan fingerprint density at radius 2 is 1.10 bits per heavy atom. The lowest BCUT2D eigenvalue weighted by Crippen LogP contribution is -2.30. The molecule has 2 amide bonds. The molecular formula is C45H28N2O3. The summed E-state index contributed by atoms with van der Waals surface area (Å²) in [5, 5.41) is 1.83. The van der Waals surface area contributed by atoms with Crippen molar-refractivity contribution < 1.29 is 14.4 Å². The van der Waals surface area contributed by atoms with Gasteiger partial charge in [-0.05, 0) is 53.1 Å². The molecule has 0 fully saturated rings. The van der Waals surface area contributed by atoms with Crippen LogP contribution in [0.25, 0.3) is 49.7 Å². The van der Waals surface area contributed by atoms with Gasteiger partial charge in [0.15, 0.2) is 5.78 Å². The minimum absolute atomic E-state index is 0.122. The van der Waals surface area contributed by atoms with E-state index < -0.39 is 11.8 Å². The quantitative estimate of drug-likeness (QED) is 0.134. The van der Waals surface area contributed by atoms with Gasteiger partial charge in [0.05, 0.1) is 33.5 Å². The molecule has 7 aromatic carbocycles. The van der Waals surface area contributed by atoms with Crippen LogP contribution < -0.4 is 4.90 Å². The number of para-hydroxylation sites is 2. The van der Waals surface area contributed by atoms with Gasteiger partial charge in [-0.25, -0.2) is 4.90 Å². The molecule has 2 heterocycles. The Labute approximate surface area is 288 Å². The smallest absolute Gasteiger partial charge is 0.268 e. The molecular weight excluding hydrogens is 617 g/mol. The minimum Gasteiger partial charge on any atom is -0.308 e. The summed E-state index contributed by atoms with van der Waals surface area (Å²) < 4.78 is 1.98. The number of imide groups is 1. The predicted octanol–water partition coefficient (Wildman–Crippen LogP) is 10.1. The maximum atomic E-state index is 14.8. The fourth-order valence-electron chi connectivity index (χ4n) is 7.26. The van der Waals surface area contributed by atoms with E-state index in [2.05, 4.69) is 0 Å². The molecule has 9 rings (SSSR count). The number of hydrogen-bond donors (Lipinski definition) is 0. The number of anilines is 1. The highest BCUT2D eigenvalue weighted by atomic mass is 16.2. The van der Waals surface area contributed by atoms with E-state index in [4.69, 9.17) is 0 Å². The molecule has 5 heteroatoms. The van der Waals surface area contributed by atoms with Crippen LogP contribution in [0.4, 0.5) is 5.69 Å². The van der Waals surface area contributed by atoms with Crippen LogP contribution in [0.5, 0.6) is 0 Å². The van der Waals surface area contributed by atoms with Crippen molar-refractivity contribution >= 4 is 45.1 Å². The van der Waals surface area contributed by atoms with Crippen LogP contribution in [-0.4, -0.2) is 22.2 Å². The Kier molecular flexibility index (Phi) is 6.85. The van der Waals surface area contributed by atoms with Crippen molar-refractivity contribution in [1.82, 2.24) is 4.57 Å². The van der Waals surface area contributed by atoms with Gasteiger partial charge in [-0.2, -0.15) is 0 Å². The number of aromatic nitrogens is 1. The Balaban J connectivity index is 1.26. The highest BCUT2D eigenvalue weighted by molar-refractivity contribution is 6.36. The molecule has 1 aliphatic rings. The molecule has 0 N–H and O–H groups in total. The normalized spacial score (nSPS) is 12.5. The first-order valence-electron chi connectivity index (χ1n) is 16.5. The van der Waals surface area contributed by atoms with Gasteiger partial charge in [-0.15, -0.1) is 0 Å². The molecule has 236 valence electrons. The minimum atomic E-state index is -0.414. The lowest BCUT2D eigenvalue weighted by atomic mass is 9.97. The van der Waals surface area contributed by atoms with Gasteiger partial charge in [-0.1, -0.05) is 133 Å². The van der Waals surface area contributed by atoms with Crippen LogP contribution >= 0.6 is 0 Å². The van der Waals surface area contributed by atoms with Gasteiger partial charge in [0.25, 0.3) is 11.8 Å². The zero-order chi connectivity index (χ0) is 33.8. The second-order valence-electron chi connectivity index (χ2n) is 12.4. The van der Waals surface area contributed by atoms with Crippen LogP contribution in [0.15, 0.2) is 170 Å². The topological polar surface area (TPSA) is 59.4 Å². The molecule has 0 atom stereocenters. The third-order valence-electron chi connectivity index (χ3n) is 9.54. The molecule has 1 aliphatic heterocycles. The first kappa shape index (κ1) is 29.3. The monoisotopic (exact) mass is 644 g/mol. The van der Waals surface area contributed by atoms with E-state index >= 15 is 0 Å². The van der Waals surface area contributed by atoms with E-state index in [0.29, 0.717) is 39.1 Å². The van der Waals surface area contributed by atoms with Gasteiger partial charge < -0.3 is 4.57 Å². The number of ketones is 1. The molecule has 5 nitrogen and oxygen atoms in total. The van der Waals surface area contributed by atoms with Gasteiger partial charge >= 0.3 is 0 Å². The Bertz CT molecular complexity index is 2640. The van der Waals surface area contributed by atoms with Crippen molar-refractivity contribution in [3.05, 3.63) is 192 Å². The zero-order valence-electron chi connectivity index (χ0n) is 26.8. The first-order valence-corrected chi connectivity index (χ1v) is 16.5. The van der Waals surface area contributed by atoms with E-state index in [1.165, 1.54) is 4.90 Å². The summed E-state index contributed by atoms with van der Waals surface area (Å²) >= 11 is 0. The van der Waals surface area contributed by atoms with Crippen molar-refractivity contribution in [1.29, 1.82) is 0 Å². The van der Waals surface area contributed by atoms with Crippen molar-refractivity contribution in [3.63, 3.8) is 0 Å². The van der Waals surface area contributed by atoms with Crippen LogP contribution in [-0.2, 0) is 0 Å². The summed E-state index contributed by atoms with van der Waals surface area (Å²) in [6.45, 7) is 0. The molecule has 1 aromatic heterocycles. The van der Waals surface area contributed by atoms with Gasteiger partial charge in [0, 0.05) is 27.5 Å². The molecule has 0 bridgehead atoms. The van der Waals surface area contributed by atoms with E-state index in [1.807, 2.05) is 168 Å². The zero-order valence-corrected chi connectivity index (χ0v) is 26.8. The maximum Gasteiger partial charge on any atom is 0.268 e. The summed E-state index contributed by atoms with van der Waals surface area (Å²) in [6, 6.07) is 53.9. The Hall–Kier alpha value is -6.85. The fraction of sp³-hybridized carbons (Fsp3) is 0. The molecule has 0 saturated carbocycles. The highest BCUT2D eigenvalue weighted by Gasteiger charge is 2.40. The van der Waals surface area contributed by atoms with Gasteiger partial charge in [-0.3, -0.25) is 14.4 Å². The predicted molar refractivity (Wildman–Crippen MR) is 199 cm³/mol. The summed E-state index contributed by atoms with van der Waals surface area (Å²) in [6.07, 6.45) is 0. The third-order valence-corrected chi connectivity index (χ3v) is 9.54. The van der Waals surface area contributed by atoms with E-state index in [-0.39, 0.29) is 5.78 Å². The number of rotatable bonds is 6. The number of fused-ring (bicyclic) bond motifs is 4. The number of benzene rings is 7. The lowest BCUT2D eigenvalue weighted by Gasteiger charge is -2.20. The molecule has 50 heavy (non-hydrogen) atoms. The number of nitrogens with zero attached hydrogens (tertiary/aromatic N) is 2. The summed E-state index contributed by atoms with van der Waals surface area (Å²) in [7, 11) is 0. The standard InChI is InChI=1S/C45H28N2O3/c48-43(31-18-8-3-9-19-31)36-23-12-21-34-33-20-10-11-24-38(33)46(42(34)36)40-25-13-22-35-41(40)45(50)47(44(35)49)39-27-26-32(29-14-4-1-5-15-29)28-37(39)30-16-6-2-7-17-30/h1-28H. The van der Waals surface area contributed by atoms with Gasteiger partial charge in [0.2, 0.25) is 0 Å². The van der Waals surface area contributed by atoms with Crippen molar-refractivity contribution in [3.8, 4) is 27.9 Å². The number of carbonyl (C=O) groups excluding carboxylic acids is 3. The Morgan fingerprint density at radius 1 is 0.460 bits per heavy atom. The van der Waals surface area contributed by atoms with Crippen LogP contribution in [0.3, 0.4) is 0 Å². The van der Waals surface area contributed by atoms with Crippen molar-refractivity contribution in [2.45, 2.75) is 0 Å². The number of hydrogen-bond acceptors (Lipinski definition) is 3.